The first-order valence-corrected chi connectivity index (χ1v) is 7.07. The highest BCUT2D eigenvalue weighted by Gasteiger charge is 2.24. The van der Waals surface area contributed by atoms with Crippen LogP contribution in [0.5, 0.6) is 0 Å². The molecule has 0 saturated carbocycles. The van der Waals surface area contributed by atoms with Crippen LogP contribution in [0.3, 0.4) is 0 Å². The molecule has 0 heterocycles. The van der Waals surface area contributed by atoms with E-state index in [2.05, 4.69) is 14.5 Å². The summed E-state index contributed by atoms with van der Waals surface area (Å²) in [5, 5.41) is 9.80. The molecule has 0 spiro atoms. The van der Waals surface area contributed by atoms with Crippen LogP contribution >= 0.6 is 0 Å². The number of methoxy groups -OCH3 is 2. The van der Waals surface area contributed by atoms with Gasteiger partial charge in [-0.3, -0.25) is 9.79 Å². The van der Waals surface area contributed by atoms with Gasteiger partial charge in [0.25, 0.3) is 0 Å². The number of rotatable bonds is 6. The second-order valence-electron chi connectivity index (χ2n) is 4.87. The van der Waals surface area contributed by atoms with Gasteiger partial charge in [-0.25, -0.2) is 4.79 Å². The summed E-state index contributed by atoms with van der Waals surface area (Å²) >= 11 is 0. The van der Waals surface area contributed by atoms with Gasteiger partial charge in [0.2, 0.25) is 0 Å². The van der Waals surface area contributed by atoms with E-state index in [4.69, 9.17) is 0 Å². The normalized spacial score (nSPS) is 13.8. The maximum Gasteiger partial charge on any atom is 0.343 e. The first-order valence-electron chi connectivity index (χ1n) is 7.07. The molecule has 23 heavy (non-hydrogen) atoms. The molecule has 124 valence electrons. The van der Waals surface area contributed by atoms with Crippen LogP contribution < -0.4 is 0 Å². The number of esters is 2. The van der Waals surface area contributed by atoms with Gasteiger partial charge in [-0.2, -0.15) is 0 Å². The van der Waals surface area contributed by atoms with Crippen molar-refractivity contribution in [3.8, 4) is 0 Å². The number of nitrogens with zero attached hydrogens (tertiary/aromatic N) is 1. The van der Waals surface area contributed by atoms with E-state index in [0.29, 0.717) is 0 Å². The molecule has 0 saturated heterocycles. The summed E-state index contributed by atoms with van der Waals surface area (Å²) < 4.78 is 9.30. The fourth-order valence-corrected chi connectivity index (χ4v) is 2.02. The monoisotopic (exact) mass is 319 g/mol. The van der Waals surface area contributed by atoms with Gasteiger partial charge in [0.15, 0.2) is 0 Å². The highest BCUT2D eigenvalue weighted by atomic mass is 16.5. The average Bonchev–Trinajstić information content (AvgIpc) is 2.54. The summed E-state index contributed by atoms with van der Waals surface area (Å²) in [6.45, 7) is 3.17. The van der Waals surface area contributed by atoms with Gasteiger partial charge in [0.1, 0.15) is 11.3 Å². The fraction of sp³-hybridized carbons (Fsp3) is 0.353. The van der Waals surface area contributed by atoms with Crippen LogP contribution in [0.1, 0.15) is 31.9 Å². The largest absolute Gasteiger partial charge is 0.512 e. The molecular weight excluding hydrogens is 298 g/mol. The van der Waals surface area contributed by atoms with Crippen LogP contribution in [-0.4, -0.2) is 37.0 Å². The molecule has 0 radical (unpaired) electrons. The maximum absolute atomic E-state index is 11.9. The van der Waals surface area contributed by atoms with Crippen molar-refractivity contribution < 1.29 is 24.2 Å². The zero-order valence-electron chi connectivity index (χ0n) is 13.7. The molecule has 6 nitrogen and oxygen atoms in total. The SMILES string of the molecule is COC(=O)CC(=NC(C)c1ccccc1)/C(C(=O)OC)=C(/C)O. The van der Waals surface area contributed by atoms with E-state index in [-0.39, 0.29) is 29.5 Å². The summed E-state index contributed by atoms with van der Waals surface area (Å²) in [6.07, 6.45) is -0.240. The lowest BCUT2D eigenvalue weighted by molar-refractivity contribution is -0.139. The molecule has 0 aliphatic rings. The number of hydrogen-bond acceptors (Lipinski definition) is 6. The van der Waals surface area contributed by atoms with Gasteiger partial charge in [0.05, 0.1) is 32.4 Å². The van der Waals surface area contributed by atoms with Crippen molar-refractivity contribution in [2.45, 2.75) is 26.3 Å². The molecule has 0 aliphatic heterocycles. The molecule has 1 unspecified atom stereocenters. The van der Waals surface area contributed by atoms with E-state index in [1.807, 2.05) is 37.3 Å². The Balaban J connectivity index is 3.29. The molecular formula is C17H21NO5. The number of carbonyl (C=O) groups is 2. The number of benzene rings is 1. The third-order valence-electron chi connectivity index (χ3n) is 3.21. The summed E-state index contributed by atoms with van der Waals surface area (Å²) in [4.78, 5) is 28.0. The molecule has 1 rings (SSSR count). The lowest BCUT2D eigenvalue weighted by atomic mass is 10.0. The molecule has 0 fully saturated rings. The number of aliphatic hydroxyl groups excluding tert-OH is 1. The highest BCUT2D eigenvalue weighted by Crippen LogP contribution is 2.20. The van der Waals surface area contributed by atoms with Crippen molar-refractivity contribution in [3.05, 3.63) is 47.2 Å². The second kappa shape index (κ2) is 8.73. The van der Waals surface area contributed by atoms with Crippen LogP contribution in [-0.2, 0) is 19.1 Å². The minimum Gasteiger partial charge on any atom is -0.512 e. The Morgan fingerprint density at radius 2 is 1.78 bits per heavy atom. The Kier molecular flexibility index (Phi) is 6.99. The number of aliphatic imine (C=N–C) groups is 1. The molecule has 1 aromatic rings. The Morgan fingerprint density at radius 3 is 2.26 bits per heavy atom. The van der Waals surface area contributed by atoms with Gasteiger partial charge in [-0.1, -0.05) is 30.3 Å². The fourth-order valence-electron chi connectivity index (χ4n) is 2.02. The number of ether oxygens (including phenoxy) is 2. The summed E-state index contributed by atoms with van der Waals surface area (Å²) in [5.41, 5.74) is 0.912. The number of hydrogen-bond donors (Lipinski definition) is 1. The van der Waals surface area contributed by atoms with E-state index in [1.54, 1.807) is 0 Å². The predicted molar refractivity (Wildman–Crippen MR) is 86.3 cm³/mol. The van der Waals surface area contributed by atoms with E-state index in [9.17, 15) is 14.7 Å². The molecule has 1 aromatic carbocycles. The van der Waals surface area contributed by atoms with E-state index in [0.717, 1.165) is 5.56 Å². The standard InChI is InChI=1S/C17H21NO5/c1-11(13-8-6-5-7-9-13)18-14(10-15(20)22-3)16(12(2)19)17(21)23-4/h5-9,11,19H,10H2,1-4H3/b16-12+,18-14?. The third kappa shape index (κ3) is 5.25. The Hall–Kier alpha value is -2.63. The molecule has 0 aromatic heterocycles. The van der Waals surface area contributed by atoms with Crippen molar-refractivity contribution in [2.75, 3.05) is 14.2 Å². The van der Waals surface area contributed by atoms with E-state index in [1.165, 1.54) is 21.1 Å². The van der Waals surface area contributed by atoms with Crippen LogP contribution in [0.25, 0.3) is 0 Å². The molecule has 0 bridgehead atoms. The van der Waals surface area contributed by atoms with Gasteiger partial charge in [0, 0.05) is 0 Å². The molecule has 1 N–H and O–H groups in total. The zero-order chi connectivity index (χ0) is 17.4. The lowest BCUT2D eigenvalue weighted by Gasteiger charge is -2.13. The quantitative estimate of drug-likeness (QED) is 0.377. The predicted octanol–water partition coefficient (Wildman–Crippen LogP) is 2.76. The summed E-state index contributed by atoms with van der Waals surface area (Å²) in [6, 6.07) is 9.09. The van der Waals surface area contributed by atoms with Gasteiger partial charge in [-0.05, 0) is 19.4 Å². The Morgan fingerprint density at radius 1 is 1.17 bits per heavy atom. The first kappa shape index (κ1) is 18.4. The smallest absolute Gasteiger partial charge is 0.343 e. The topological polar surface area (TPSA) is 85.2 Å². The van der Waals surface area contributed by atoms with Crippen LogP contribution in [0.15, 0.2) is 46.7 Å². The molecule has 0 aliphatic carbocycles. The number of allylic oxidation sites excluding steroid dienone is 1. The van der Waals surface area contributed by atoms with Crippen molar-refractivity contribution in [1.82, 2.24) is 0 Å². The maximum atomic E-state index is 11.9. The third-order valence-corrected chi connectivity index (χ3v) is 3.21. The van der Waals surface area contributed by atoms with Gasteiger partial charge in [-0.15, -0.1) is 0 Å². The number of aliphatic hydroxyl groups is 1. The van der Waals surface area contributed by atoms with Crippen LogP contribution in [0.2, 0.25) is 0 Å². The Bertz CT molecular complexity index is 615. The first-order chi connectivity index (χ1) is 10.9. The molecule has 6 heteroatoms. The van der Waals surface area contributed by atoms with E-state index >= 15 is 0 Å². The zero-order valence-corrected chi connectivity index (χ0v) is 13.7. The van der Waals surface area contributed by atoms with Crippen molar-refractivity contribution in [3.63, 3.8) is 0 Å². The molecule has 0 amide bonds. The van der Waals surface area contributed by atoms with Gasteiger partial charge < -0.3 is 14.6 Å². The van der Waals surface area contributed by atoms with Crippen LogP contribution in [0, 0.1) is 0 Å². The lowest BCUT2D eigenvalue weighted by Crippen LogP contribution is -2.21. The minimum absolute atomic E-state index is 0.124. The Labute approximate surface area is 135 Å². The minimum atomic E-state index is -0.757. The van der Waals surface area contributed by atoms with Crippen molar-refractivity contribution in [1.29, 1.82) is 0 Å². The van der Waals surface area contributed by atoms with Crippen molar-refractivity contribution >= 4 is 17.7 Å². The second-order valence-corrected chi connectivity index (χ2v) is 4.87. The average molecular weight is 319 g/mol. The van der Waals surface area contributed by atoms with Crippen LogP contribution in [0.4, 0.5) is 0 Å². The summed E-state index contributed by atoms with van der Waals surface area (Å²) in [7, 11) is 2.44. The van der Waals surface area contributed by atoms with E-state index < -0.39 is 11.9 Å². The number of carbonyl (C=O) groups excluding carboxylic acids is 2. The molecule has 1 atom stereocenters. The van der Waals surface area contributed by atoms with Crippen molar-refractivity contribution in [2.24, 2.45) is 4.99 Å². The van der Waals surface area contributed by atoms with Gasteiger partial charge >= 0.3 is 11.9 Å². The highest BCUT2D eigenvalue weighted by molar-refractivity contribution is 6.23. The summed E-state index contributed by atoms with van der Waals surface area (Å²) in [5.74, 6) is -1.58.